The molecule has 3 atom stereocenters. The zero-order valence-corrected chi connectivity index (χ0v) is 17.7. The van der Waals surface area contributed by atoms with Crippen molar-refractivity contribution >= 4 is 29.9 Å². The first kappa shape index (κ1) is 22.0. The van der Waals surface area contributed by atoms with Gasteiger partial charge in [0, 0.05) is 33.4 Å². The van der Waals surface area contributed by atoms with E-state index in [-0.39, 0.29) is 24.0 Å². The second-order valence-corrected chi connectivity index (χ2v) is 6.97. The number of halogens is 1. The van der Waals surface area contributed by atoms with Crippen LogP contribution in [0.5, 0.6) is 0 Å². The Kier molecular flexibility index (Phi) is 12.0. The first-order valence-corrected chi connectivity index (χ1v) is 9.43. The Hall–Kier alpha value is -0.0800. The summed E-state index contributed by atoms with van der Waals surface area (Å²) in [4.78, 5) is 4.31. The van der Waals surface area contributed by atoms with Gasteiger partial charge in [0.25, 0.3) is 0 Å². The quantitative estimate of drug-likeness (QED) is 0.257. The molecule has 2 N–H and O–H groups in total. The largest absolute Gasteiger partial charge is 0.379 e. The van der Waals surface area contributed by atoms with Crippen molar-refractivity contribution in [3.63, 3.8) is 0 Å². The predicted octanol–water partition coefficient (Wildman–Crippen LogP) is 3.18. The van der Waals surface area contributed by atoms with Crippen LogP contribution in [0.1, 0.15) is 51.9 Å². The minimum atomic E-state index is 0. The Morgan fingerprint density at radius 1 is 1.17 bits per heavy atom. The van der Waals surface area contributed by atoms with E-state index in [0.717, 1.165) is 63.5 Å². The molecule has 2 aliphatic rings. The molecule has 1 saturated heterocycles. The summed E-state index contributed by atoms with van der Waals surface area (Å²) in [5.74, 6) is 2.54. The molecule has 5 nitrogen and oxygen atoms in total. The molecule has 0 aromatic rings. The number of hydrogen-bond acceptors (Lipinski definition) is 3. The summed E-state index contributed by atoms with van der Waals surface area (Å²) in [6.07, 6.45) is 9.15. The van der Waals surface area contributed by atoms with Crippen molar-refractivity contribution in [2.45, 2.75) is 58.0 Å². The fourth-order valence-corrected chi connectivity index (χ4v) is 3.52. The third kappa shape index (κ3) is 8.34. The Bertz CT molecular complexity index is 349. The maximum Gasteiger partial charge on any atom is 0.190 e. The van der Waals surface area contributed by atoms with Crippen molar-refractivity contribution in [2.75, 3.05) is 40.0 Å². The summed E-state index contributed by atoms with van der Waals surface area (Å²) in [6.45, 7) is 6.74. The zero-order chi connectivity index (χ0) is 16.3. The smallest absolute Gasteiger partial charge is 0.190 e. The maximum absolute atomic E-state index is 5.68. The molecule has 2 fully saturated rings. The molecule has 1 aliphatic carbocycles. The van der Waals surface area contributed by atoms with Gasteiger partial charge in [0.2, 0.25) is 0 Å². The van der Waals surface area contributed by atoms with Crippen LogP contribution in [0, 0.1) is 11.8 Å². The van der Waals surface area contributed by atoms with E-state index in [1.54, 1.807) is 0 Å². The highest BCUT2D eigenvalue weighted by atomic mass is 127. The zero-order valence-electron chi connectivity index (χ0n) is 15.4. The van der Waals surface area contributed by atoms with Crippen LogP contribution in [0.3, 0.4) is 0 Å². The summed E-state index contributed by atoms with van der Waals surface area (Å²) >= 11 is 0. The monoisotopic (exact) mass is 453 g/mol. The van der Waals surface area contributed by atoms with Crippen LogP contribution in [-0.2, 0) is 9.47 Å². The second kappa shape index (κ2) is 13.2. The number of guanidine groups is 1. The van der Waals surface area contributed by atoms with Crippen LogP contribution in [0.2, 0.25) is 0 Å². The highest BCUT2D eigenvalue weighted by molar-refractivity contribution is 14.0. The maximum atomic E-state index is 5.68. The predicted molar refractivity (Wildman–Crippen MR) is 110 cm³/mol. The van der Waals surface area contributed by atoms with Crippen LogP contribution in [0.15, 0.2) is 4.99 Å². The molecule has 0 radical (unpaired) electrons. The van der Waals surface area contributed by atoms with E-state index in [0.29, 0.717) is 6.10 Å². The van der Waals surface area contributed by atoms with E-state index in [4.69, 9.17) is 9.47 Å². The van der Waals surface area contributed by atoms with Crippen molar-refractivity contribution in [2.24, 2.45) is 16.8 Å². The lowest BCUT2D eigenvalue weighted by atomic mass is 9.80. The molecule has 24 heavy (non-hydrogen) atoms. The SMILES string of the molecule is CN=C(NCCCOCC1CCCO1)NCC1CCCCC1C.I. The normalized spacial score (nSPS) is 27.6. The van der Waals surface area contributed by atoms with Crippen LogP contribution in [0.4, 0.5) is 0 Å². The fourth-order valence-electron chi connectivity index (χ4n) is 3.52. The lowest BCUT2D eigenvalue weighted by molar-refractivity contribution is 0.0168. The molecule has 1 aliphatic heterocycles. The van der Waals surface area contributed by atoms with Crippen LogP contribution < -0.4 is 10.6 Å². The van der Waals surface area contributed by atoms with Crippen molar-refractivity contribution in [1.82, 2.24) is 10.6 Å². The molecule has 0 aromatic carbocycles. The number of hydrogen-bond donors (Lipinski definition) is 2. The lowest BCUT2D eigenvalue weighted by Gasteiger charge is -2.29. The van der Waals surface area contributed by atoms with Crippen molar-refractivity contribution < 1.29 is 9.47 Å². The van der Waals surface area contributed by atoms with E-state index < -0.39 is 0 Å². The lowest BCUT2D eigenvalue weighted by Crippen LogP contribution is -2.41. The minimum absolute atomic E-state index is 0. The van der Waals surface area contributed by atoms with Gasteiger partial charge in [0.15, 0.2) is 5.96 Å². The van der Waals surface area contributed by atoms with Gasteiger partial charge in [-0.1, -0.05) is 26.2 Å². The Labute approximate surface area is 164 Å². The second-order valence-electron chi connectivity index (χ2n) is 6.97. The molecule has 1 heterocycles. The topological polar surface area (TPSA) is 54.9 Å². The summed E-state index contributed by atoms with van der Waals surface area (Å²) in [7, 11) is 1.84. The van der Waals surface area contributed by atoms with E-state index in [1.165, 1.54) is 32.1 Å². The van der Waals surface area contributed by atoms with Gasteiger partial charge < -0.3 is 20.1 Å². The molecule has 1 saturated carbocycles. The van der Waals surface area contributed by atoms with E-state index in [2.05, 4.69) is 22.5 Å². The van der Waals surface area contributed by atoms with Gasteiger partial charge in [-0.05, 0) is 37.5 Å². The molecule has 6 heteroatoms. The third-order valence-electron chi connectivity index (χ3n) is 5.13. The number of ether oxygens (including phenoxy) is 2. The summed E-state index contributed by atoms with van der Waals surface area (Å²) in [5, 5.41) is 6.86. The van der Waals surface area contributed by atoms with Gasteiger partial charge in [0.05, 0.1) is 12.7 Å². The molecule has 142 valence electrons. The van der Waals surface area contributed by atoms with Crippen molar-refractivity contribution in [3.8, 4) is 0 Å². The van der Waals surface area contributed by atoms with Gasteiger partial charge in [-0.2, -0.15) is 0 Å². The van der Waals surface area contributed by atoms with Gasteiger partial charge in [-0.15, -0.1) is 24.0 Å². The van der Waals surface area contributed by atoms with Crippen molar-refractivity contribution in [1.29, 1.82) is 0 Å². The average molecular weight is 453 g/mol. The summed E-state index contributed by atoms with van der Waals surface area (Å²) < 4.78 is 11.2. The summed E-state index contributed by atoms with van der Waals surface area (Å²) in [5.41, 5.74) is 0. The van der Waals surface area contributed by atoms with Gasteiger partial charge in [-0.25, -0.2) is 0 Å². The fraction of sp³-hybridized carbons (Fsp3) is 0.944. The first-order chi connectivity index (χ1) is 11.3. The van der Waals surface area contributed by atoms with E-state index in [1.807, 2.05) is 7.05 Å². The molecule has 0 aromatic heterocycles. The highest BCUT2D eigenvalue weighted by Crippen LogP contribution is 2.28. The minimum Gasteiger partial charge on any atom is -0.379 e. The number of nitrogens with zero attached hydrogens (tertiary/aromatic N) is 1. The van der Waals surface area contributed by atoms with Crippen LogP contribution in [0.25, 0.3) is 0 Å². The first-order valence-electron chi connectivity index (χ1n) is 9.43. The van der Waals surface area contributed by atoms with E-state index in [9.17, 15) is 0 Å². The summed E-state index contributed by atoms with van der Waals surface area (Å²) in [6, 6.07) is 0. The Morgan fingerprint density at radius 3 is 2.71 bits per heavy atom. The molecule has 3 unspecified atom stereocenters. The van der Waals surface area contributed by atoms with Gasteiger partial charge in [-0.3, -0.25) is 4.99 Å². The number of nitrogens with one attached hydrogen (secondary N) is 2. The number of aliphatic imine (C=N–C) groups is 1. The molecule has 0 spiro atoms. The Balaban J connectivity index is 0.00000288. The van der Waals surface area contributed by atoms with E-state index >= 15 is 0 Å². The highest BCUT2D eigenvalue weighted by Gasteiger charge is 2.21. The third-order valence-corrected chi connectivity index (χ3v) is 5.13. The molecule has 0 amide bonds. The van der Waals surface area contributed by atoms with Crippen LogP contribution >= 0.6 is 24.0 Å². The van der Waals surface area contributed by atoms with Gasteiger partial charge in [0.1, 0.15) is 0 Å². The van der Waals surface area contributed by atoms with Gasteiger partial charge >= 0.3 is 0 Å². The van der Waals surface area contributed by atoms with Crippen molar-refractivity contribution in [3.05, 3.63) is 0 Å². The van der Waals surface area contributed by atoms with Crippen LogP contribution in [-0.4, -0.2) is 52.0 Å². The molecular weight excluding hydrogens is 417 g/mol. The molecule has 2 rings (SSSR count). The molecule has 0 bridgehead atoms. The average Bonchev–Trinajstić information content (AvgIpc) is 3.08. The number of rotatable bonds is 8. The molecular formula is C18H36IN3O2. The Morgan fingerprint density at radius 2 is 2.00 bits per heavy atom. The standard InChI is InChI=1S/C18H35N3O2.HI/c1-15-7-3-4-8-16(15)13-21-18(19-2)20-10-6-11-22-14-17-9-5-12-23-17;/h15-17H,3-14H2,1-2H3,(H2,19,20,21);1H.